The molecule has 0 saturated carbocycles. The summed E-state index contributed by atoms with van der Waals surface area (Å²) >= 11 is 1.80. The van der Waals surface area contributed by atoms with Gasteiger partial charge in [0.2, 0.25) is 0 Å². The van der Waals surface area contributed by atoms with E-state index >= 15 is 0 Å². The van der Waals surface area contributed by atoms with Gasteiger partial charge in [0, 0.05) is 18.5 Å². The Kier molecular flexibility index (Phi) is 7.11. The van der Waals surface area contributed by atoms with Crippen LogP contribution in [0.2, 0.25) is 0 Å². The summed E-state index contributed by atoms with van der Waals surface area (Å²) in [7, 11) is 3.11. The van der Waals surface area contributed by atoms with E-state index in [1.807, 2.05) is 0 Å². The topological polar surface area (TPSA) is 79.1 Å². The molecule has 2 aromatic heterocycles. The molecule has 0 aliphatic carbocycles. The third kappa shape index (κ3) is 4.94. The molecule has 1 fully saturated rings. The lowest BCUT2D eigenvalue weighted by Crippen LogP contribution is -2.42. The van der Waals surface area contributed by atoms with Crippen LogP contribution >= 0.6 is 11.3 Å². The standard InChI is InChI=1S/C20H28N4O3S/c1-14-16(19(25)26-3)11-15(27-14)12-22-20(21-2)23-13-17(18-7-6-10-28-18)24-8-4-5-9-24/h6-7,10-11,17H,4-5,8-9,12-13H2,1-3H3,(H2,21,22,23). The van der Waals surface area contributed by atoms with Gasteiger partial charge in [-0.2, -0.15) is 0 Å². The van der Waals surface area contributed by atoms with Gasteiger partial charge in [-0.25, -0.2) is 4.79 Å². The van der Waals surface area contributed by atoms with Crippen molar-refractivity contribution in [3.8, 4) is 0 Å². The predicted octanol–water partition coefficient (Wildman–Crippen LogP) is 2.94. The Hall–Kier alpha value is -2.32. The van der Waals surface area contributed by atoms with Crippen LogP contribution in [-0.4, -0.2) is 50.6 Å². The number of hydrogen-bond acceptors (Lipinski definition) is 6. The molecule has 7 nitrogen and oxygen atoms in total. The van der Waals surface area contributed by atoms with Crippen LogP contribution in [0.3, 0.4) is 0 Å². The molecule has 1 aliphatic rings. The number of furan rings is 1. The minimum Gasteiger partial charge on any atom is -0.465 e. The van der Waals surface area contributed by atoms with Gasteiger partial charge >= 0.3 is 5.97 Å². The maximum Gasteiger partial charge on any atom is 0.341 e. The summed E-state index contributed by atoms with van der Waals surface area (Å²) in [5, 5.41) is 8.81. The second kappa shape index (κ2) is 9.75. The van der Waals surface area contributed by atoms with Gasteiger partial charge in [-0.3, -0.25) is 9.89 Å². The zero-order valence-electron chi connectivity index (χ0n) is 16.7. The first-order chi connectivity index (χ1) is 13.6. The number of hydrogen-bond donors (Lipinski definition) is 2. The van der Waals surface area contributed by atoms with E-state index in [4.69, 9.17) is 9.15 Å². The highest BCUT2D eigenvalue weighted by atomic mass is 32.1. The third-order valence-electron chi connectivity index (χ3n) is 4.94. The van der Waals surface area contributed by atoms with Gasteiger partial charge in [0.1, 0.15) is 17.1 Å². The Balaban J connectivity index is 1.57. The number of carbonyl (C=O) groups excluding carboxylic acids is 1. The molecule has 2 N–H and O–H groups in total. The first kappa shape index (κ1) is 20.4. The van der Waals surface area contributed by atoms with Crippen LogP contribution in [0.15, 0.2) is 33.0 Å². The lowest BCUT2D eigenvalue weighted by atomic mass is 10.2. The largest absolute Gasteiger partial charge is 0.465 e. The monoisotopic (exact) mass is 404 g/mol. The summed E-state index contributed by atoms with van der Waals surface area (Å²) in [6, 6.07) is 6.36. The summed E-state index contributed by atoms with van der Waals surface area (Å²) in [5.41, 5.74) is 0.453. The number of aliphatic imine (C=N–C) groups is 1. The minimum absolute atomic E-state index is 0.345. The number of rotatable bonds is 7. The molecular weight excluding hydrogens is 376 g/mol. The molecule has 0 spiro atoms. The molecule has 3 heterocycles. The van der Waals surface area contributed by atoms with E-state index in [0.717, 1.165) is 19.6 Å². The molecule has 0 amide bonds. The number of aryl methyl sites for hydroxylation is 1. The Morgan fingerprint density at radius 3 is 2.82 bits per heavy atom. The van der Waals surface area contributed by atoms with Crippen molar-refractivity contribution in [2.45, 2.75) is 32.4 Å². The first-order valence-corrected chi connectivity index (χ1v) is 10.4. The fourth-order valence-corrected chi connectivity index (χ4v) is 4.33. The van der Waals surface area contributed by atoms with Gasteiger partial charge < -0.3 is 19.8 Å². The Morgan fingerprint density at radius 2 is 2.18 bits per heavy atom. The molecule has 1 aliphatic heterocycles. The molecule has 1 atom stereocenters. The lowest BCUT2D eigenvalue weighted by molar-refractivity contribution is 0.0599. The van der Waals surface area contributed by atoms with Gasteiger partial charge in [0.15, 0.2) is 5.96 Å². The number of thiophene rings is 1. The zero-order chi connectivity index (χ0) is 19.9. The molecular formula is C20H28N4O3S. The molecule has 0 radical (unpaired) electrons. The van der Waals surface area contributed by atoms with Crippen molar-refractivity contribution < 1.29 is 13.9 Å². The average molecular weight is 405 g/mol. The second-order valence-electron chi connectivity index (χ2n) is 6.76. The number of methoxy groups -OCH3 is 1. The van der Waals surface area contributed by atoms with Crippen molar-refractivity contribution in [3.63, 3.8) is 0 Å². The molecule has 28 heavy (non-hydrogen) atoms. The average Bonchev–Trinajstić information content (AvgIpc) is 3.46. The quantitative estimate of drug-likeness (QED) is 0.420. The van der Waals surface area contributed by atoms with Crippen LogP contribution in [0.5, 0.6) is 0 Å². The fourth-order valence-electron chi connectivity index (χ4n) is 3.47. The maximum absolute atomic E-state index is 11.7. The summed E-state index contributed by atoms with van der Waals surface area (Å²) in [6.45, 7) is 5.25. The minimum atomic E-state index is -0.389. The summed E-state index contributed by atoms with van der Waals surface area (Å²) in [4.78, 5) is 19.9. The number of ether oxygens (including phenoxy) is 1. The SMILES string of the molecule is CN=C(NCc1cc(C(=O)OC)c(C)o1)NCC(c1cccs1)N1CCCC1. The van der Waals surface area contributed by atoms with Crippen LogP contribution in [0.1, 0.15) is 45.6 Å². The van der Waals surface area contributed by atoms with Gasteiger partial charge in [-0.15, -0.1) is 11.3 Å². The first-order valence-electron chi connectivity index (χ1n) is 9.52. The predicted molar refractivity (Wildman–Crippen MR) is 111 cm³/mol. The zero-order valence-corrected chi connectivity index (χ0v) is 17.5. The Bertz CT molecular complexity index is 794. The lowest BCUT2D eigenvalue weighted by Gasteiger charge is -2.27. The number of carbonyl (C=O) groups is 1. The van der Waals surface area contributed by atoms with Crippen molar-refractivity contribution >= 4 is 23.3 Å². The summed E-state index contributed by atoms with van der Waals surface area (Å²) in [6.07, 6.45) is 2.52. The van der Waals surface area contributed by atoms with Crippen LogP contribution < -0.4 is 10.6 Å². The van der Waals surface area contributed by atoms with E-state index in [0.29, 0.717) is 35.6 Å². The van der Waals surface area contributed by atoms with Gasteiger partial charge in [0.25, 0.3) is 0 Å². The highest BCUT2D eigenvalue weighted by Crippen LogP contribution is 2.27. The van der Waals surface area contributed by atoms with Crippen LogP contribution in [0.25, 0.3) is 0 Å². The Labute approximate surface area is 169 Å². The van der Waals surface area contributed by atoms with Crippen molar-refractivity contribution in [2.24, 2.45) is 4.99 Å². The van der Waals surface area contributed by atoms with E-state index < -0.39 is 0 Å². The number of guanidine groups is 1. The molecule has 1 saturated heterocycles. The highest BCUT2D eigenvalue weighted by Gasteiger charge is 2.24. The number of nitrogens with zero attached hydrogens (tertiary/aromatic N) is 2. The van der Waals surface area contributed by atoms with Crippen LogP contribution in [0.4, 0.5) is 0 Å². The van der Waals surface area contributed by atoms with E-state index in [1.54, 1.807) is 31.4 Å². The van der Waals surface area contributed by atoms with Crippen LogP contribution in [0, 0.1) is 6.92 Å². The second-order valence-corrected chi connectivity index (χ2v) is 7.73. The number of nitrogens with one attached hydrogen (secondary N) is 2. The normalized spacial score (nSPS) is 16.2. The highest BCUT2D eigenvalue weighted by molar-refractivity contribution is 7.10. The number of esters is 1. The molecule has 1 unspecified atom stereocenters. The molecule has 8 heteroatoms. The third-order valence-corrected chi connectivity index (χ3v) is 5.92. The van der Waals surface area contributed by atoms with Gasteiger partial charge in [-0.1, -0.05) is 6.07 Å². The van der Waals surface area contributed by atoms with Gasteiger partial charge in [0.05, 0.1) is 19.7 Å². The van der Waals surface area contributed by atoms with E-state index in [1.165, 1.54) is 24.8 Å². The van der Waals surface area contributed by atoms with E-state index in [-0.39, 0.29) is 5.97 Å². The fraction of sp³-hybridized carbons (Fsp3) is 0.500. The molecule has 0 bridgehead atoms. The van der Waals surface area contributed by atoms with Gasteiger partial charge in [-0.05, 0) is 50.4 Å². The van der Waals surface area contributed by atoms with Crippen molar-refractivity contribution in [1.82, 2.24) is 15.5 Å². The maximum atomic E-state index is 11.7. The smallest absolute Gasteiger partial charge is 0.341 e. The number of likely N-dealkylation sites (tertiary alicyclic amines) is 1. The van der Waals surface area contributed by atoms with Crippen LogP contribution in [-0.2, 0) is 11.3 Å². The van der Waals surface area contributed by atoms with Crippen molar-refractivity contribution in [2.75, 3.05) is 33.8 Å². The van der Waals surface area contributed by atoms with Crippen molar-refractivity contribution in [1.29, 1.82) is 0 Å². The van der Waals surface area contributed by atoms with E-state index in [9.17, 15) is 4.79 Å². The molecule has 3 rings (SSSR count). The Morgan fingerprint density at radius 1 is 1.39 bits per heavy atom. The van der Waals surface area contributed by atoms with E-state index in [2.05, 4.69) is 38.0 Å². The molecule has 0 aromatic carbocycles. The summed E-state index contributed by atoms with van der Waals surface area (Å²) in [5.74, 6) is 1.53. The molecule has 2 aromatic rings. The summed E-state index contributed by atoms with van der Waals surface area (Å²) < 4.78 is 10.4. The van der Waals surface area contributed by atoms with Crippen molar-refractivity contribution in [3.05, 3.63) is 45.5 Å². The molecule has 152 valence electrons.